The molecular formula is C20H20N2O3S. The van der Waals surface area contributed by atoms with Crippen LogP contribution in [0.2, 0.25) is 0 Å². The van der Waals surface area contributed by atoms with Gasteiger partial charge in [-0.2, -0.15) is 0 Å². The van der Waals surface area contributed by atoms with Crippen LogP contribution in [0.25, 0.3) is 10.8 Å². The second kappa shape index (κ2) is 7.33. The van der Waals surface area contributed by atoms with Gasteiger partial charge in [0.25, 0.3) is 0 Å². The molecule has 1 saturated heterocycles. The molecule has 0 N–H and O–H groups in total. The number of aromatic nitrogens is 1. The number of likely N-dealkylation sites (tertiary alicyclic amines) is 1. The molecule has 5 nitrogen and oxygen atoms in total. The Balaban J connectivity index is 1.48. The largest absolute Gasteiger partial charge is 0.497 e. The van der Waals surface area contributed by atoms with Crippen molar-refractivity contribution in [2.75, 3.05) is 13.7 Å². The van der Waals surface area contributed by atoms with Gasteiger partial charge in [-0.05, 0) is 42.7 Å². The first-order valence-electron chi connectivity index (χ1n) is 8.66. The normalized spacial score (nSPS) is 16.8. The molecule has 26 heavy (non-hydrogen) atoms. The molecule has 1 aliphatic heterocycles. The number of methoxy groups -OCH3 is 1. The van der Waals surface area contributed by atoms with Crippen LogP contribution in [-0.4, -0.2) is 29.4 Å². The molecule has 3 heterocycles. The highest BCUT2D eigenvalue weighted by Gasteiger charge is 2.30. The van der Waals surface area contributed by atoms with E-state index in [0.29, 0.717) is 6.42 Å². The number of nitrogens with zero attached hydrogens (tertiary/aromatic N) is 2. The van der Waals surface area contributed by atoms with Crippen molar-refractivity contribution in [2.45, 2.75) is 25.3 Å². The summed E-state index contributed by atoms with van der Waals surface area (Å²) in [5.41, 5.74) is 1.92. The lowest BCUT2D eigenvalue weighted by Gasteiger charge is -2.25. The Bertz CT molecular complexity index is 888. The Kier molecular flexibility index (Phi) is 4.75. The molecule has 134 valence electrons. The van der Waals surface area contributed by atoms with Gasteiger partial charge in [0.05, 0.1) is 31.5 Å². The molecule has 0 bridgehead atoms. The number of hydrogen-bond donors (Lipinski definition) is 0. The van der Waals surface area contributed by atoms with Crippen LogP contribution < -0.4 is 4.74 Å². The molecule has 1 fully saturated rings. The summed E-state index contributed by atoms with van der Waals surface area (Å²) in [6, 6.07) is 11.8. The van der Waals surface area contributed by atoms with Crippen LogP contribution in [0.15, 0.2) is 52.5 Å². The lowest BCUT2D eigenvalue weighted by atomic mass is 10.0. The second-order valence-electron chi connectivity index (χ2n) is 6.32. The maximum Gasteiger partial charge on any atom is 0.229 e. The average Bonchev–Trinajstić information content (AvgIpc) is 3.41. The van der Waals surface area contributed by atoms with Crippen molar-refractivity contribution in [2.24, 2.45) is 0 Å². The molecule has 0 spiro atoms. The summed E-state index contributed by atoms with van der Waals surface area (Å²) in [6.45, 7) is 0.788. The van der Waals surface area contributed by atoms with Crippen LogP contribution in [0.1, 0.15) is 30.1 Å². The Morgan fingerprint density at radius 3 is 3.12 bits per heavy atom. The minimum atomic E-state index is 0.112. The number of ether oxygens (including phenoxy) is 1. The number of rotatable bonds is 5. The van der Waals surface area contributed by atoms with Crippen LogP contribution in [-0.2, 0) is 11.2 Å². The Morgan fingerprint density at radius 1 is 1.38 bits per heavy atom. The minimum absolute atomic E-state index is 0.112. The zero-order valence-corrected chi connectivity index (χ0v) is 15.4. The zero-order valence-electron chi connectivity index (χ0n) is 14.6. The number of furan rings is 1. The van der Waals surface area contributed by atoms with E-state index < -0.39 is 0 Å². The van der Waals surface area contributed by atoms with E-state index >= 15 is 0 Å². The van der Waals surface area contributed by atoms with Crippen molar-refractivity contribution in [3.63, 3.8) is 0 Å². The van der Waals surface area contributed by atoms with Gasteiger partial charge in [0.1, 0.15) is 5.75 Å². The van der Waals surface area contributed by atoms with Crippen molar-refractivity contribution in [3.05, 3.63) is 59.3 Å². The summed E-state index contributed by atoms with van der Waals surface area (Å²) >= 11 is 1.50. The first-order valence-corrected chi connectivity index (χ1v) is 9.54. The molecule has 1 aromatic carbocycles. The molecule has 0 saturated carbocycles. The molecule has 1 atom stereocenters. The van der Waals surface area contributed by atoms with Crippen molar-refractivity contribution in [3.8, 4) is 16.5 Å². The van der Waals surface area contributed by atoms with E-state index in [1.54, 1.807) is 13.4 Å². The highest BCUT2D eigenvalue weighted by Crippen LogP contribution is 2.34. The van der Waals surface area contributed by atoms with E-state index in [4.69, 9.17) is 9.15 Å². The molecule has 0 radical (unpaired) electrons. The van der Waals surface area contributed by atoms with Crippen LogP contribution in [0.3, 0.4) is 0 Å². The van der Waals surface area contributed by atoms with Crippen LogP contribution in [0.5, 0.6) is 5.75 Å². The fourth-order valence-corrected chi connectivity index (χ4v) is 4.20. The maximum absolute atomic E-state index is 12.9. The summed E-state index contributed by atoms with van der Waals surface area (Å²) in [5.74, 6) is 1.68. The van der Waals surface area contributed by atoms with Gasteiger partial charge < -0.3 is 14.1 Å². The van der Waals surface area contributed by atoms with Gasteiger partial charge in [0, 0.05) is 11.9 Å². The number of benzene rings is 1. The number of hydrogen-bond acceptors (Lipinski definition) is 5. The Labute approximate surface area is 156 Å². The molecular weight excluding hydrogens is 348 g/mol. The molecule has 2 aromatic heterocycles. The van der Waals surface area contributed by atoms with Crippen molar-refractivity contribution in [1.29, 1.82) is 0 Å². The summed E-state index contributed by atoms with van der Waals surface area (Å²) in [5, 5.41) is 2.75. The van der Waals surface area contributed by atoms with Gasteiger partial charge in [-0.15, -0.1) is 11.3 Å². The highest BCUT2D eigenvalue weighted by atomic mass is 32.1. The van der Waals surface area contributed by atoms with E-state index in [-0.39, 0.29) is 11.9 Å². The van der Waals surface area contributed by atoms with Gasteiger partial charge in [0.2, 0.25) is 5.91 Å². The number of thiazole rings is 1. The van der Waals surface area contributed by atoms with Crippen molar-refractivity contribution in [1.82, 2.24) is 9.88 Å². The second-order valence-corrected chi connectivity index (χ2v) is 7.18. The number of carbonyl (C=O) groups is 1. The van der Waals surface area contributed by atoms with E-state index in [0.717, 1.165) is 47.2 Å². The van der Waals surface area contributed by atoms with Gasteiger partial charge in [-0.3, -0.25) is 4.79 Å². The fourth-order valence-electron chi connectivity index (χ4n) is 3.42. The van der Waals surface area contributed by atoms with E-state index in [2.05, 4.69) is 11.1 Å². The molecule has 1 aliphatic rings. The smallest absolute Gasteiger partial charge is 0.229 e. The predicted molar refractivity (Wildman–Crippen MR) is 100 cm³/mol. The van der Waals surface area contributed by atoms with Gasteiger partial charge in [-0.25, -0.2) is 4.98 Å². The number of carbonyl (C=O) groups excluding carboxylic acids is 1. The molecule has 6 heteroatoms. The summed E-state index contributed by atoms with van der Waals surface area (Å²) in [7, 11) is 1.66. The maximum atomic E-state index is 12.9. The lowest BCUT2D eigenvalue weighted by Crippen LogP contribution is -2.31. The third-order valence-corrected chi connectivity index (χ3v) is 5.57. The first-order chi connectivity index (χ1) is 12.7. The predicted octanol–water partition coefficient (Wildman–Crippen LogP) is 4.32. The highest BCUT2D eigenvalue weighted by molar-refractivity contribution is 7.13. The average molecular weight is 368 g/mol. The van der Waals surface area contributed by atoms with Crippen molar-refractivity contribution < 1.29 is 13.9 Å². The monoisotopic (exact) mass is 368 g/mol. The zero-order chi connectivity index (χ0) is 17.9. The van der Waals surface area contributed by atoms with Crippen molar-refractivity contribution >= 4 is 17.2 Å². The summed E-state index contributed by atoms with van der Waals surface area (Å²) in [4.78, 5) is 19.4. The summed E-state index contributed by atoms with van der Waals surface area (Å²) in [6.07, 6.45) is 3.94. The Hall–Kier alpha value is -2.60. The SMILES string of the molecule is COc1cccc(C2CCCN2C(=O)Cc2csc(-c3ccco3)n2)c1. The van der Waals surface area contributed by atoms with Crippen LogP contribution in [0, 0.1) is 0 Å². The molecule has 0 aliphatic carbocycles. The lowest BCUT2D eigenvalue weighted by molar-refractivity contribution is -0.131. The van der Waals surface area contributed by atoms with Gasteiger partial charge in [0.15, 0.2) is 10.8 Å². The fraction of sp³-hybridized carbons (Fsp3) is 0.300. The topological polar surface area (TPSA) is 55.6 Å². The van der Waals surface area contributed by atoms with E-state index in [1.165, 1.54) is 11.3 Å². The van der Waals surface area contributed by atoms with E-state index in [1.807, 2.05) is 40.6 Å². The van der Waals surface area contributed by atoms with E-state index in [9.17, 15) is 4.79 Å². The van der Waals surface area contributed by atoms with Gasteiger partial charge >= 0.3 is 0 Å². The minimum Gasteiger partial charge on any atom is -0.497 e. The van der Waals surface area contributed by atoms with Crippen LogP contribution >= 0.6 is 11.3 Å². The molecule has 1 amide bonds. The summed E-state index contributed by atoms with van der Waals surface area (Å²) < 4.78 is 10.7. The molecule has 4 rings (SSSR count). The third kappa shape index (κ3) is 3.37. The first kappa shape index (κ1) is 16.8. The number of amides is 1. The quantitative estimate of drug-likeness (QED) is 0.673. The molecule has 3 aromatic rings. The molecule has 1 unspecified atom stereocenters. The standard InChI is InChI=1S/C20H20N2O3S/c1-24-16-6-2-5-14(11-16)17-7-3-9-22(17)19(23)12-15-13-26-20(21-15)18-8-4-10-25-18/h2,4-6,8,10-11,13,17H,3,7,9,12H2,1H3. The third-order valence-electron chi connectivity index (χ3n) is 4.67. The van der Waals surface area contributed by atoms with Crippen LogP contribution in [0.4, 0.5) is 0 Å². The Morgan fingerprint density at radius 2 is 2.31 bits per heavy atom. The van der Waals surface area contributed by atoms with Gasteiger partial charge in [-0.1, -0.05) is 12.1 Å².